The summed E-state index contributed by atoms with van der Waals surface area (Å²) in [6, 6.07) is 16.2. The Bertz CT molecular complexity index is 953. The molecule has 150 valence electrons. The lowest BCUT2D eigenvalue weighted by molar-refractivity contribution is 0.0907. The molecule has 0 radical (unpaired) electrons. The van der Waals surface area contributed by atoms with Gasteiger partial charge in [0.2, 0.25) is 0 Å². The molecule has 0 aliphatic carbocycles. The van der Waals surface area contributed by atoms with Gasteiger partial charge in [-0.25, -0.2) is 9.18 Å². The first-order chi connectivity index (χ1) is 14.1. The molecule has 3 aromatic rings. The number of hydrogen-bond donors (Lipinski definition) is 1. The minimum atomic E-state index is -0.907. The first-order valence-electron chi connectivity index (χ1n) is 9.51. The first-order valence-corrected chi connectivity index (χ1v) is 9.51. The molecule has 8 heteroatoms. The van der Waals surface area contributed by atoms with Crippen molar-refractivity contribution in [1.29, 1.82) is 0 Å². The van der Waals surface area contributed by atoms with Gasteiger partial charge in [0.1, 0.15) is 12.1 Å². The Morgan fingerprint density at radius 2 is 1.72 bits per heavy atom. The largest absolute Gasteiger partial charge is 0.465 e. The van der Waals surface area contributed by atoms with Crippen LogP contribution in [0.1, 0.15) is 23.0 Å². The van der Waals surface area contributed by atoms with E-state index in [0.717, 1.165) is 17.0 Å². The van der Waals surface area contributed by atoms with Crippen molar-refractivity contribution in [3.63, 3.8) is 0 Å². The Morgan fingerprint density at radius 3 is 2.38 bits per heavy atom. The van der Waals surface area contributed by atoms with E-state index in [0.29, 0.717) is 32.7 Å². The summed E-state index contributed by atoms with van der Waals surface area (Å²) in [5.41, 5.74) is 2.03. The fourth-order valence-electron chi connectivity index (χ4n) is 3.72. The van der Waals surface area contributed by atoms with E-state index in [1.165, 1.54) is 17.0 Å². The maximum absolute atomic E-state index is 13.5. The normalized spacial score (nSPS) is 16.0. The van der Waals surface area contributed by atoms with Crippen molar-refractivity contribution in [2.45, 2.75) is 12.6 Å². The van der Waals surface area contributed by atoms with E-state index >= 15 is 0 Å². The molecule has 1 amide bonds. The number of hydrogen-bond acceptors (Lipinski definition) is 4. The van der Waals surface area contributed by atoms with Crippen molar-refractivity contribution in [2.24, 2.45) is 0 Å². The Labute approximate surface area is 168 Å². The summed E-state index contributed by atoms with van der Waals surface area (Å²) in [5, 5.41) is 17.8. The van der Waals surface area contributed by atoms with Gasteiger partial charge in [0, 0.05) is 26.2 Å². The van der Waals surface area contributed by atoms with E-state index < -0.39 is 6.09 Å². The molecule has 4 rings (SSSR count). The summed E-state index contributed by atoms with van der Waals surface area (Å²) >= 11 is 0. The number of carboxylic acid groups (broad SMARTS) is 1. The Hall–Kier alpha value is -3.26. The van der Waals surface area contributed by atoms with Gasteiger partial charge in [-0.3, -0.25) is 4.90 Å². The van der Waals surface area contributed by atoms with Crippen molar-refractivity contribution >= 4 is 6.09 Å². The van der Waals surface area contributed by atoms with Crippen molar-refractivity contribution in [1.82, 2.24) is 24.6 Å². The van der Waals surface area contributed by atoms with E-state index in [-0.39, 0.29) is 11.9 Å². The zero-order valence-electron chi connectivity index (χ0n) is 15.9. The quantitative estimate of drug-likeness (QED) is 0.719. The minimum absolute atomic E-state index is 0.238. The second-order valence-electron chi connectivity index (χ2n) is 7.06. The number of benzene rings is 2. The molecule has 0 saturated carbocycles. The number of aromatic nitrogens is 3. The van der Waals surface area contributed by atoms with E-state index in [4.69, 9.17) is 0 Å². The maximum Gasteiger partial charge on any atom is 0.407 e. The van der Waals surface area contributed by atoms with Crippen molar-refractivity contribution < 1.29 is 14.3 Å². The summed E-state index contributed by atoms with van der Waals surface area (Å²) in [5.74, 6) is 0.457. The first kappa shape index (κ1) is 19.1. The lowest BCUT2D eigenvalue weighted by atomic mass is 10.0. The van der Waals surface area contributed by atoms with Gasteiger partial charge in [-0.2, -0.15) is 0 Å². The fourth-order valence-corrected chi connectivity index (χ4v) is 3.72. The molecule has 1 atom stereocenters. The number of amides is 1. The molecule has 29 heavy (non-hydrogen) atoms. The number of nitrogens with zero attached hydrogens (tertiary/aromatic N) is 5. The van der Waals surface area contributed by atoms with Gasteiger partial charge in [0.15, 0.2) is 5.82 Å². The van der Waals surface area contributed by atoms with E-state index in [1.54, 1.807) is 18.5 Å². The molecule has 1 N–H and O–H groups in total. The monoisotopic (exact) mass is 395 g/mol. The molecule has 1 aromatic heterocycles. The average molecular weight is 395 g/mol. The predicted octanol–water partition coefficient (Wildman–Crippen LogP) is 2.85. The van der Waals surface area contributed by atoms with E-state index in [9.17, 15) is 14.3 Å². The number of halogens is 1. The summed E-state index contributed by atoms with van der Waals surface area (Å²) in [6.07, 6.45) is 0.794. The summed E-state index contributed by atoms with van der Waals surface area (Å²) in [6.45, 7) is 2.58. The third-order valence-corrected chi connectivity index (χ3v) is 5.22. The Balaban J connectivity index is 1.66. The van der Waals surface area contributed by atoms with Gasteiger partial charge in [0.05, 0.1) is 12.6 Å². The molecule has 1 saturated heterocycles. The number of piperazine rings is 1. The lowest BCUT2D eigenvalue weighted by Crippen LogP contribution is -2.49. The minimum Gasteiger partial charge on any atom is -0.465 e. The molecular formula is C21H22FN5O2. The topological polar surface area (TPSA) is 74.5 Å². The molecule has 2 heterocycles. The van der Waals surface area contributed by atoms with Gasteiger partial charge >= 0.3 is 6.09 Å². The smallest absolute Gasteiger partial charge is 0.407 e. The van der Waals surface area contributed by atoms with Crippen LogP contribution in [0.15, 0.2) is 60.9 Å². The van der Waals surface area contributed by atoms with Crippen LogP contribution >= 0.6 is 0 Å². The highest BCUT2D eigenvalue weighted by Gasteiger charge is 2.31. The third-order valence-electron chi connectivity index (χ3n) is 5.22. The van der Waals surface area contributed by atoms with Gasteiger partial charge in [0.25, 0.3) is 0 Å². The van der Waals surface area contributed by atoms with Crippen LogP contribution < -0.4 is 0 Å². The molecule has 1 aliphatic heterocycles. The predicted molar refractivity (Wildman–Crippen MR) is 105 cm³/mol. The Kier molecular flexibility index (Phi) is 5.53. The molecule has 1 unspecified atom stereocenters. The van der Waals surface area contributed by atoms with Crippen LogP contribution in [-0.2, 0) is 6.54 Å². The lowest BCUT2D eigenvalue weighted by Gasteiger charge is -2.38. The molecule has 2 aromatic carbocycles. The number of rotatable bonds is 5. The standard InChI is InChI=1S/C21H22FN5O2/c22-18-8-6-17(7-9-18)19(25-10-12-26(13-11-25)21(28)29)20-24-23-15-27(20)14-16-4-2-1-3-5-16/h1-9,15,19H,10-14H2,(H,28,29). The molecular weight excluding hydrogens is 373 g/mol. The summed E-state index contributed by atoms with van der Waals surface area (Å²) in [7, 11) is 0. The van der Waals surface area contributed by atoms with Crippen LogP contribution in [0.25, 0.3) is 0 Å². The highest BCUT2D eigenvalue weighted by atomic mass is 19.1. The molecule has 0 bridgehead atoms. The van der Waals surface area contributed by atoms with Gasteiger partial charge < -0.3 is 14.6 Å². The van der Waals surface area contributed by atoms with Crippen LogP contribution in [0.5, 0.6) is 0 Å². The second-order valence-corrected chi connectivity index (χ2v) is 7.06. The zero-order valence-corrected chi connectivity index (χ0v) is 15.9. The van der Waals surface area contributed by atoms with Crippen molar-refractivity contribution in [3.8, 4) is 0 Å². The maximum atomic E-state index is 13.5. The van der Waals surface area contributed by atoms with Crippen LogP contribution in [0.3, 0.4) is 0 Å². The van der Waals surface area contributed by atoms with Crippen LogP contribution in [0.2, 0.25) is 0 Å². The van der Waals surface area contributed by atoms with Gasteiger partial charge in [-0.1, -0.05) is 42.5 Å². The van der Waals surface area contributed by atoms with E-state index in [2.05, 4.69) is 15.1 Å². The summed E-state index contributed by atoms with van der Waals surface area (Å²) < 4.78 is 15.5. The van der Waals surface area contributed by atoms with Crippen LogP contribution in [0, 0.1) is 5.82 Å². The van der Waals surface area contributed by atoms with Gasteiger partial charge in [-0.15, -0.1) is 10.2 Å². The average Bonchev–Trinajstić information content (AvgIpc) is 3.18. The molecule has 0 spiro atoms. The van der Waals surface area contributed by atoms with Crippen LogP contribution in [-0.4, -0.2) is 61.9 Å². The highest BCUT2D eigenvalue weighted by Crippen LogP contribution is 2.29. The molecule has 1 aliphatic rings. The van der Waals surface area contributed by atoms with Gasteiger partial charge in [-0.05, 0) is 23.3 Å². The fraction of sp³-hybridized carbons (Fsp3) is 0.286. The molecule has 7 nitrogen and oxygen atoms in total. The summed E-state index contributed by atoms with van der Waals surface area (Å²) in [4.78, 5) is 14.9. The molecule has 1 fully saturated rings. The van der Waals surface area contributed by atoms with Crippen LogP contribution in [0.4, 0.5) is 9.18 Å². The Morgan fingerprint density at radius 1 is 1.03 bits per heavy atom. The highest BCUT2D eigenvalue weighted by molar-refractivity contribution is 5.65. The third kappa shape index (κ3) is 4.27. The SMILES string of the molecule is O=C(O)N1CCN(C(c2ccc(F)cc2)c2nncn2Cc2ccccc2)CC1. The van der Waals surface area contributed by atoms with Crippen molar-refractivity contribution in [2.75, 3.05) is 26.2 Å². The zero-order chi connectivity index (χ0) is 20.2. The van der Waals surface area contributed by atoms with E-state index in [1.807, 2.05) is 34.9 Å². The van der Waals surface area contributed by atoms with Crippen molar-refractivity contribution in [3.05, 3.63) is 83.7 Å². The number of carbonyl (C=O) groups is 1. The second kappa shape index (κ2) is 8.40.